The van der Waals surface area contributed by atoms with Crippen LogP contribution in [0.15, 0.2) is 49.1 Å². The van der Waals surface area contributed by atoms with Gasteiger partial charge in [-0.1, -0.05) is 119 Å². The normalized spacial score (nSPS) is 16.0. The largest absolute Gasteiger partial charge is 0.507 e. The molecule has 0 aromatic heterocycles. The van der Waals surface area contributed by atoms with Crippen molar-refractivity contribution in [2.75, 3.05) is 0 Å². The molecule has 4 rings (SSSR count). The highest BCUT2D eigenvalue weighted by Crippen LogP contribution is 2.55. The van der Waals surface area contributed by atoms with E-state index in [2.05, 4.69) is 125 Å². The van der Waals surface area contributed by atoms with Gasteiger partial charge >= 0.3 is 0 Å². The number of fused-ring (bicyclic) bond motifs is 3. The van der Waals surface area contributed by atoms with Crippen molar-refractivity contribution in [1.29, 1.82) is 0 Å². The third-order valence-electron chi connectivity index (χ3n) is 8.09. The fourth-order valence-electron chi connectivity index (χ4n) is 6.23. The molecule has 192 valence electrons. The van der Waals surface area contributed by atoms with Crippen LogP contribution in [0.1, 0.15) is 121 Å². The zero-order valence-corrected chi connectivity index (χ0v) is 24.5. The topological polar surface area (TPSA) is 20.2 Å². The van der Waals surface area contributed by atoms with Gasteiger partial charge in [-0.05, 0) is 55.2 Å². The Balaban J connectivity index is 2.20. The van der Waals surface area contributed by atoms with Crippen molar-refractivity contribution in [1.82, 2.24) is 0 Å². The first-order chi connectivity index (χ1) is 16.4. The van der Waals surface area contributed by atoms with Crippen LogP contribution in [-0.2, 0) is 28.1 Å². The first-order valence-corrected chi connectivity index (χ1v) is 13.5. The summed E-state index contributed by atoms with van der Waals surface area (Å²) in [7, 11) is 0. The Bertz CT molecular complexity index is 1280. The number of aromatic hydroxyl groups is 1. The van der Waals surface area contributed by atoms with E-state index in [1.54, 1.807) is 0 Å². The van der Waals surface area contributed by atoms with Gasteiger partial charge in [0.1, 0.15) is 5.75 Å². The molecule has 0 spiro atoms. The van der Waals surface area contributed by atoms with Crippen LogP contribution in [0.3, 0.4) is 0 Å². The minimum absolute atomic E-state index is 0.0129. The van der Waals surface area contributed by atoms with Gasteiger partial charge < -0.3 is 5.11 Å². The van der Waals surface area contributed by atoms with E-state index in [0.29, 0.717) is 5.75 Å². The average Bonchev–Trinajstić information content (AvgIpc) is 3.38. The fraction of sp³-hybridized carbons (Fsp3) is 0.486. The van der Waals surface area contributed by atoms with Gasteiger partial charge in [0.25, 0.3) is 0 Å². The van der Waals surface area contributed by atoms with E-state index in [4.69, 9.17) is 0 Å². The Hall–Kier alpha value is -2.54. The monoisotopic (exact) mass is 482 g/mol. The van der Waals surface area contributed by atoms with E-state index >= 15 is 0 Å². The molecular weight excluding hydrogens is 436 g/mol. The van der Waals surface area contributed by atoms with Crippen molar-refractivity contribution >= 4 is 0 Å². The van der Waals surface area contributed by atoms with E-state index in [0.717, 1.165) is 17.5 Å². The number of phenolic OH excluding ortho intramolecular Hbond substituents is 1. The zero-order valence-electron chi connectivity index (χ0n) is 24.5. The van der Waals surface area contributed by atoms with Crippen molar-refractivity contribution in [3.63, 3.8) is 0 Å². The molecule has 0 radical (unpaired) electrons. The summed E-state index contributed by atoms with van der Waals surface area (Å²) < 4.78 is 0. The van der Waals surface area contributed by atoms with Gasteiger partial charge in [0.15, 0.2) is 0 Å². The number of allylic oxidation sites excluding steroid dienone is 5. The first-order valence-electron chi connectivity index (χ1n) is 13.5. The maximum absolute atomic E-state index is 12.0. The Morgan fingerprint density at radius 2 is 1.33 bits per heavy atom. The molecule has 0 heterocycles. The molecule has 0 saturated carbocycles. The Labute approximate surface area is 220 Å². The smallest absolute Gasteiger partial charge is 0.123 e. The van der Waals surface area contributed by atoms with Crippen LogP contribution >= 0.6 is 0 Å². The molecule has 0 aliphatic heterocycles. The molecule has 1 N–H and O–H groups in total. The van der Waals surface area contributed by atoms with E-state index in [1.807, 2.05) is 0 Å². The van der Waals surface area contributed by atoms with E-state index in [1.165, 1.54) is 38.9 Å². The minimum atomic E-state index is -0.177. The highest BCUT2D eigenvalue weighted by molar-refractivity contribution is 5.87. The number of benzene rings is 2. The summed E-state index contributed by atoms with van der Waals surface area (Å²) in [5.41, 5.74) is 11.0. The van der Waals surface area contributed by atoms with Crippen molar-refractivity contribution < 1.29 is 5.11 Å². The first kappa shape index (κ1) is 26.5. The SMILES string of the molecule is C=CC(C)(C)c1cc2c(cc1C(C)(C)C)-c1c(c(O)c(C(C)(C)C)c(C(C)(C)C)c1C1C=CC=C1)C2. The van der Waals surface area contributed by atoms with Gasteiger partial charge in [0.05, 0.1) is 0 Å². The minimum Gasteiger partial charge on any atom is -0.507 e. The molecule has 0 bridgehead atoms. The van der Waals surface area contributed by atoms with Crippen molar-refractivity contribution in [2.24, 2.45) is 0 Å². The van der Waals surface area contributed by atoms with Crippen LogP contribution in [0.25, 0.3) is 11.1 Å². The lowest BCUT2D eigenvalue weighted by Crippen LogP contribution is -2.26. The molecule has 2 aliphatic rings. The number of phenols is 1. The molecular formula is C35H46O. The zero-order chi connectivity index (χ0) is 27.0. The van der Waals surface area contributed by atoms with Crippen LogP contribution in [0.5, 0.6) is 5.75 Å². The highest BCUT2D eigenvalue weighted by atomic mass is 16.3. The van der Waals surface area contributed by atoms with Crippen LogP contribution in [0, 0.1) is 0 Å². The summed E-state index contributed by atoms with van der Waals surface area (Å²) >= 11 is 0. The maximum Gasteiger partial charge on any atom is 0.123 e. The summed E-state index contributed by atoms with van der Waals surface area (Å²) in [6.45, 7) is 29.2. The lowest BCUT2D eigenvalue weighted by molar-refractivity contribution is 0.430. The maximum atomic E-state index is 12.0. The van der Waals surface area contributed by atoms with Crippen molar-refractivity contribution in [3.05, 3.63) is 88.0 Å². The van der Waals surface area contributed by atoms with Crippen molar-refractivity contribution in [2.45, 2.75) is 110 Å². The Morgan fingerprint density at radius 3 is 1.81 bits per heavy atom. The molecule has 0 atom stereocenters. The second-order valence-electron chi connectivity index (χ2n) is 14.6. The van der Waals surface area contributed by atoms with Gasteiger partial charge in [0.2, 0.25) is 0 Å². The molecule has 0 fully saturated rings. The van der Waals surface area contributed by atoms with Gasteiger partial charge in [-0.2, -0.15) is 0 Å². The number of rotatable bonds is 3. The van der Waals surface area contributed by atoms with Crippen LogP contribution in [-0.4, -0.2) is 5.11 Å². The van der Waals surface area contributed by atoms with Gasteiger partial charge in [-0.3, -0.25) is 0 Å². The van der Waals surface area contributed by atoms with Gasteiger partial charge in [-0.15, -0.1) is 6.58 Å². The second kappa shape index (κ2) is 8.23. The van der Waals surface area contributed by atoms with Crippen LogP contribution < -0.4 is 0 Å². The third kappa shape index (κ3) is 4.19. The predicted octanol–water partition coefficient (Wildman–Crippen LogP) is 9.53. The fourth-order valence-corrected chi connectivity index (χ4v) is 6.23. The molecule has 2 aliphatic carbocycles. The molecule has 0 saturated heterocycles. The summed E-state index contributed by atoms with van der Waals surface area (Å²) in [5.74, 6) is 0.707. The van der Waals surface area contributed by atoms with Gasteiger partial charge in [-0.25, -0.2) is 0 Å². The average molecular weight is 483 g/mol. The van der Waals surface area contributed by atoms with Crippen LogP contribution in [0.4, 0.5) is 0 Å². The Morgan fingerprint density at radius 1 is 0.778 bits per heavy atom. The summed E-state index contributed by atoms with van der Waals surface area (Å²) in [5, 5.41) is 12.0. The quantitative estimate of drug-likeness (QED) is 0.368. The molecule has 2 aromatic rings. The predicted molar refractivity (Wildman–Crippen MR) is 157 cm³/mol. The van der Waals surface area contributed by atoms with E-state index < -0.39 is 0 Å². The lowest BCUT2D eigenvalue weighted by Gasteiger charge is -2.36. The molecule has 36 heavy (non-hydrogen) atoms. The molecule has 2 aromatic carbocycles. The third-order valence-corrected chi connectivity index (χ3v) is 8.09. The van der Waals surface area contributed by atoms with Crippen molar-refractivity contribution in [3.8, 4) is 16.9 Å². The standard InChI is InChI=1S/C35H46O/c1-13-35(11,12)26-19-22-18-24-28(23(22)20-25(26)32(2,3)4)27(21-16-14-15-17-21)29(33(5,6)7)30(31(24)36)34(8,9)10/h13-17,19-21,36H,1,18H2,2-12H3. The Kier molecular flexibility index (Phi) is 6.07. The second-order valence-corrected chi connectivity index (χ2v) is 14.6. The number of hydrogen-bond acceptors (Lipinski definition) is 1. The molecule has 1 nitrogen and oxygen atoms in total. The number of hydrogen-bond donors (Lipinski definition) is 1. The lowest BCUT2D eigenvalue weighted by atomic mass is 9.68. The van der Waals surface area contributed by atoms with E-state index in [9.17, 15) is 5.11 Å². The summed E-state index contributed by atoms with van der Waals surface area (Å²) in [6.07, 6.45) is 11.8. The molecule has 1 heteroatoms. The molecule has 0 amide bonds. The molecule has 0 unspecified atom stereocenters. The highest BCUT2D eigenvalue weighted by Gasteiger charge is 2.40. The summed E-state index contributed by atoms with van der Waals surface area (Å²) in [6, 6.07) is 4.85. The summed E-state index contributed by atoms with van der Waals surface area (Å²) in [4.78, 5) is 0. The van der Waals surface area contributed by atoms with E-state index in [-0.39, 0.29) is 27.6 Å². The van der Waals surface area contributed by atoms with Crippen LogP contribution in [0.2, 0.25) is 0 Å². The van der Waals surface area contributed by atoms with Gasteiger partial charge in [0, 0.05) is 28.9 Å².